The Labute approximate surface area is 177 Å². The number of rotatable bonds is 9. The van der Waals surface area contributed by atoms with Crippen molar-refractivity contribution in [3.05, 3.63) is 58.6 Å². The average molecular weight is 418 g/mol. The predicted molar refractivity (Wildman–Crippen MR) is 114 cm³/mol. The molecule has 0 spiro atoms. The average Bonchev–Trinajstić information content (AvgIpc) is 3.09. The zero-order valence-corrected chi connectivity index (χ0v) is 17.9. The van der Waals surface area contributed by atoms with Gasteiger partial charge in [0, 0.05) is 22.7 Å². The standard InChI is InChI=1S/C23H28ClNO4/c1-4-17(13-16-11-12-18(27-5-2)14-21(16)28-6-3)25-15-22(29-23(25)26)19-9-7-8-10-20(19)24/h7-12,14,17,22H,4-6,13,15H2,1-3H3/t17-,22+/m1/s1. The Kier molecular flexibility index (Phi) is 7.26. The summed E-state index contributed by atoms with van der Waals surface area (Å²) in [4.78, 5) is 14.4. The van der Waals surface area contributed by atoms with E-state index in [2.05, 4.69) is 6.92 Å². The van der Waals surface area contributed by atoms with E-state index in [9.17, 15) is 4.79 Å². The minimum Gasteiger partial charge on any atom is -0.494 e. The highest BCUT2D eigenvalue weighted by Gasteiger charge is 2.37. The molecule has 2 aromatic carbocycles. The third-order valence-corrected chi connectivity index (χ3v) is 5.45. The van der Waals surface area contributed by atoms with Crippen LogP contribution >= 0.6 is 11.6 Å². The Hall–Kier alpha value is -2.40. The maximum Gasteiger partial charge on any atom is 0.410 e. The van der Waals surface area contributed by atoms with E-state index in [1.165, 1.54) is 0 Å². The van der Waals surface area contributed by atoms with E-state index < -0.39 is 0 Å². The summed E-state index contributed by atoms with van der Waals surface area (Å²) in [7, 11) is 0. The van der Waals surface area contributed by atoms with Crippen molar-refractivity contribution >= 4 is 17.7 Å². The molecule has 1 aliphatic rings. The maximum atomic E-state index is 12.6. The molecule has 0 radical (unpaired) electrons. The van der Waals surface area contributed by atoms with Crippen LogP contribution < -0.4 is 9.47 Å². The number of amides is 1. The number of nitrogens with zero attached hydrogens (tertiary/aromatic N) is 1. The van der Waals surface area contributed by atoms with Crippen LogP contribution in [0.3, 0.4) is 0 Å². The lowest BCUT2D eigenvalue weighted by Crippen LogP contribution is -2.37. The smallest absolute Gasteiger partial charge is 0.410 e. The largest absolute Gasteiger partial charge is 0.494 e. The van der Waals surface area contributed by atoms with Gasteiger partial charge in [0.2, 0.25) is 0 Å². The van der Waals surface area contributed by atoms with Gasteiger partial charge in [-0.2, -0.15) is 0 Å². The van der Waals surface area contributed by atoms with Crippen LogP contribution in [0.2, 0.25) is 5.02 Å². The number of benzene rings is 2. The Morgan fingerprint density at radius 2 is 1.90 bits per heavy atom. The summed E-state index contributed by atoms with van der Waals surface area (Å²) in [5, 5.41) is 0.616. The quantitative estimate of drug-likeness (QED) is 0.528. The molecule has 1 fully saturated rings. The minimum atomic E-state index is -0.350. The first-order chi connectivity index (χ1) is 14.1. The summed E-state index contributed by atoms with van der Waals surface area (Å²) >= 11 is 6.30. The van der Waals surface area contributed by atoms with Crippen molar-refractivity contribution in [1.82, 2.24) is 4.90 Å². The second-order valence-corrected chi connectivity index (χ2v) is 7.36. The van der Waals surface area contributed by atoms with Gasteiger partial charge in [-0.1, -0.05) is 42.8 Å². The van der Waals surface area contributed by atoms with Gasteiger partial charge in [0.15, 0.2) is 0 Å². The normalized spacial score (nSPS) is 17.2. The van der Waals surface area contributed by atoms with E-state index in [1.54, 1.807) is 4.90 Å². The Balaban J connectivity index is 1.78. The molecule has 1 heterocycles. The SMILES string of the molecule is CCOc1ccc(C[C@@H](CC)N2C[C@@H](c3ccccc3Cl)OC2=O)c(OCC)c1. The second kappa shape index (κ2) is 9.88. The van der Waals surface area contributed by atoms with Crippen molar-refractivity contribution in [3.8, 4) is 11.5 Å². The Morgan fingerprint density at radius 1 is 1.14 bits per heavy atom. The molecule has 1 amide bonds. The van der Waals surface area contributed by atoms with Crippen LogP contribution in [0.25, 0.3) is 0 Å². The molecule has 2 aromatic rings. The van der Waals surface area contributed by atoms with Crippen LogP contribution in [0.1, 0.15) is 44.4 Å². The van der Waals surface area contributed by atoms with E-state index in [1.807, 2.05) is 56.3 Å². The molecule has 156 valence electrons. The summed E-state index contributed by atoms with van der Waals surface area (Å²) in [6.45, 7) is 7.65. The summed E-state index contributed by atoms with van der Waals surface area (Å²) in [6, 6.07) is 13.4. The third kappa shape index (κ3) is 4.96. The Morgan fingerprint density at radius 3 is 2.59 bits per heavy atom. The lowest BCUT2D eigenvalue weighted by molar-refractivity contribution is 0.127. The molecule has 6 heteroatoms. The minimum absolute atomic E-state index is 0.00661. The summed E-state index contributed by atoms with van der Waals surface area (Å²) in [5.74, 6) is 1.58. The molecule has 0 aromatic heterocycles. The summed E-state index contributed by atoms with van der Waals surface area (Å²) in [6.07, 6.45) is 0.841. The van der Waals surface area contributed by atoms with Crippen LogP contribution in [-0.2, 0) is 11.2 Å². The van der Waals surface area contributed by atoms with Gasteiger partial charge in [-0.05, 0) is 44.4 Å². The van der Waals surface area contributed by atoms with Gasteiger partial charge in [-0.25, -0.2) is 4.79 Å². The van der Waals surface area contributed by atoms with Crippen LogP contribution in [0.4, 0.5) is 4.79 Å². The van der Waals surface area contributed by atoms with Crippen LogP contribution in [-0.4, -0.2) is 36.8 Å². The number of halogens is 1. The van der Waals surface area contributed by atoms with Crippen molar-refractivity contribution in [2.75, 3.05) is 19.8 Å². The van der Waals surface area contributed by atoms with Crippen LogP contribution in [0.5, 0.6) is 11.5 Å². The first-order valence-corrected chi connectivity index (χ1v) is 10.5. The molecule has 0 unspecified atom stereocenters. The third-order valence-electron chi connectivity index (χ3n) is 5.11. The lowest BCUT2D eigenvalue weighted by Gasteiger charge is -2.25. The van der Waals surface area contributed by atoms with Gasteiger partial charge in [-0.15, -0.1) is 0 Å². The van der Waals surface area contributed by atoms with E-state index in [0.29, 0.717) is 31.2 Å². The molecule has 29 heavy (non-hydrogen) atoms. The first-order valence-electron chi connectivity index (χ1n) is 10.2. The molecule has 1 saturated heterocycles. The fourth-order valence-electron chi connectivity index (χ4n) is 3.65. The van der Waals surface area contributed by atoms with Crippen molar-refractivity contribution < 1.29 is 19.0 Å². The molecule has 0 aliphatic carbocycles. The highest BCUT2D eigenvalue weighted by atomic mass is 35.5. The number of hydrogen-bond donors (Lipinski definition) is 0. The van der Waals surface area contributed by atoms with Crippen LogP contribution in [0, 0.1) is 0 Å². The van der Waals surface area contributed by atoms with Gasteiger partial charge < -0.3 is 19.1 Å². The number of cyclic esters (lactones) is 1. The molecular weight excluding hydrogens is 390 g/mol. The van der Waals surface area contributed by atoms with Gasteiger partial charge in [0.05, 0.1) is 19.8 Å². The predicted octanol–water partition coefficient (Wildman–Crippen LogP) is 5.65. The molecule has 0 N–H and O–H groups in total. The number of ether oxygens (including phenoxy) is 3. The number of carbonyl (C=O) groups excluding carboxylic acids is 1. The highest BCUT2D eigenvalue weighted by Crippen LogP contribution is 2.34. The molecule has 5 nitrogen and oxygen atoms in total. The highest BCUT2D eigenvalue weighted by molar-refractivity contribution is 6.31. The maximum absolute atomic E-state index is 12.6. The second-order valence-electron chi connectivity index (χ2n) is 6.95. The van der Waals surface area contributed by atoms with Gasteiger partial charge in [-0.3, -0.25) is 0 Å². The van der Waals surface area contributed by atoms with Gasteiger partial charge >= 0.3 is 6.09 Å². The molecule has 2 atom stereocenters. The Bertz CT molecular complexity index is 841. The van der Waals surface area contributed by atoms with Crippen molar-refractivity contribution in [1.29, 1.82) is 0 Å². The molecule has 0 bridgehead atoms. The molecule has 3 rings (SSSR count). The molecule has 0 saturated carbocycles. The topological polar surface area (TPSA) is 48.0 Å². The fourth-order valence-corrected chi connectivity index (χ4v) is 3.91. The van der Waals surface area contributed by atoms with Crippen LogP contribution in [0.15, 0.2) is 42.5 Å². The lowest BCUT2D eigenvalue weighted by atomic mass is 10.0. The molecular formula is C23H28ClNO4. The first kappa shape index (κ1) is 21.3. The molecule has 1 aliphatic heterocycles. The van der Waals surface area contributed by atoms with E-state index in [0.717, 1.165) is 29.0 Å². The van der Waals surface area contributed by atoms with E-state index >= 15 is 0 Å². The number of hydrogen-bond acceptors (Lipinski definition) is 4. The summed E-state index contributed by atoms with van der Waals surface area (Å²) in [5.41, 5.74) is 1.90. The number of carbonyl (C=O) groups is 1. The zero-order valence-electron chi connectivity index (χ0n) is 17.2. The van der Waals surface area contributed by atoms with Gasteiger partial charge in [0.25, 0.3) is 0 Å². The fraction of sp³-hybridized carbons (Fsp3) is 0.435. The van der Waals surface area contributed by atoms with Crippen molar-refractivity contribution in [2.45, 2.75) is 45.8 Å². The monoisotopic (exact) mass is 417 g/mol. The zero-order chi connectivity index (χ0) is 20.8. The van der Waals surface area contributed by atoms with Gasteiger partial charge in [0.1, 0.15) is 17.6 Å². The summed E-state index contributed by atoms with van der Waals surface area (Å²) < 4.78 is 17.1. The van der Waals surface area contributed by atoms with Crippen molar-refractivity contribution in [3.63, 3.8) is 0 Å². The van der Waals surface area contributed by atoms with E-state index in [4.69, 9.17) is 25.8 Å². The van der Waals surface area contributed by atoms with Crippen molar-refractivity contribution in [2.24, 2.45) is 0 Å². The van der Waals surface area contributed by atoms with E-state index in [-0.39, 0.29) is 18.2 Å².